The van der Waals surface area contributed by atoms with Crippen LogP contribution >= 0.6 is 11.6 Å². The molecule has 8 heteroatoms. The maximum Gasteiger partial charge on any atom is 0.410 e. The highest BCUT2D eigenvalue weighted by Crippen LogP contribution is 2.33. The topological polar surface area (TPSA) is 50.8 Å². The van der Waals surface area contributed by atoms with Crippen molar-refractivity contribution in [3.8, 4) is 5.75 Å². The van der Waals surface area contributed by atoms with Crippen LogP contribution in [0.3, 0.4) is 0 Å². The van der Waals surface area contributed by atoms with Crippen molar-refractivity contribution in [2.75, 3.05) is 26.2 Å². The lowest BCUT2D eigenvalue weighted by molar-refractivity contribution is -0.109. The van der Waals surface area contributed by atoms with E-state index in [0.717, 1.165) is 10.5 Å². The van der Waals surface area contributed by atoms with E-state index in [2.05, 4.69) is 5.32 Å². The van der Waals surface area contributed by atoms with Gasteiger partial charge in [-0.05, 0) is 52.3 Å². The fraction of sp³-hybridized carbons (Fsp3) is 0.650. The molecule has 1 heterocycles. The minimum absolute atomic E-state index is 0.132. The van der Waals surface area contributed by atoms with E-state index in [1.807, 2.05) is 6.92 Å². The third-order valence-electron chi connectivity index (χ3n) is 4.43. The molecular weight excluding hydrogens is 390 g/mol. The lowest BCUT2D eigenvalue weighted by Crippen LogP contribution is -2.53. The maximum absolute atomic E-state index is 14.6. The lowest BCUT2D eigenvalue weighted by Gasteiger charge is -2.38. The molecule has 1 atom stereocenters. The number of carbonyl (C=O) groups is 1. The molecule has 1 aromatic rings. The van der Waals surface area contributed by atoms with Crippen LogP contribution in [0.25, 0.3) is 0 Å². The highest BCUT2D eigenvalue weighted by molar-refractivity contribution is 6.30. The summed E-state index contributed by atoms with van der Waals surface area (Å²) in [5.41, 5.74) is 0.115. The van der Waals surface area contributed by atoms with Gasteiger partial charge in [-0.1, -0.05) is 11.6 Å². The Kier molecular flexibility index (Phi) is 7.51. The van der Waals surface area contributed by atoms with E-state index < -0.39 is 30.1 Å². The number of carbonyl (C=O) groups excluding carboxylic acids is 1. The Hall–Kier alpha value is -1.60. The number of amides is 1. The number of ether oxygens (including phenoxy) is 2. The highest BCUT2D eigenvalue weighted by atomic mass is 35.5. The number of rotatable bonds is 6. The van der Waals surface area contributed by atoms with Gasteiger partial charge < -0.3 is 19.7 Å². The predicted octanol–water partition coefficient (Wildman–Crippen LogP) is 4.72. The van der Waals surface area contributed by atoms with Gasteiger partial charge in [0.05, 0.1) is 13.2 Å². The highest BCUT2D eigenvalue weighted by Gasteiger charge is 2.46. The molecular formula is C20H29ClF2N2O3. The predicted molar refractivity (Wildman–Crippen MR) is 105 cm³/mol. The van der Waals surface area contributed by atoms with E-state index in [0.29, 0.717) is 23.9 Å². The van der Waals surface area contributed by atoms with Crippen LogP contribution in [-0.2, 0) is 11.3 Å². The number of hydrogen-bond acceptors (Lipinski definition) is 4. The molecule has 0 bridgehead atoms. The van der Waals surface area contributed by atoms with E-state index in [4.69, 9.17) is 21.1 Å². The Morgan fingerprint density at radius 1 is 1.39 bits per heavy atom. The molecule has 1 amide bonds. The van der Waals surface area contributed by atoms with Crippen molar-refractivity contribution in [1.82, 2.24) is 10.2 Å². The largest absolute Gasteiger partial charge is 0.494 e. The summed E-state index contributed by atoms with van der Waals surface area (Å²) in [5.74, 6) is -3.16. The summed E-state index contributed by atoms with van der Waals surface area (Å²) in [4.78, 5) is 13.2. The first kappa shape index (κ1) is 22.7. The molecule has 0 saturated carbocycles. The summed E-state index contributed by atoms with van der Waals surface area (Å²) in [7, 11) is 0. The van der Waals surface area contributed by atoms with Crippen molar-refractivity contribution < 1.29 is 23.0 Å². The molecule has 1 aliphatic heterocycles. The molecule has 2 rings (SSSR count). The monoisotopic (exact) mass is 418 g/mol. The zero-order valence-electron chi connectivity index (χ0n) is 16.9. The van der Waals surface area contributed by atoms with Crippen LogP contribution in [0.4, 0.5) is 13.6 Å². The van der Waals surface area contributed by atoms with Crippen molar-refractivity contribution in [2.24, 2.45) is 5.92 Å². The van der Waals surface area contributed by atoms with E-state index in [1.165, 1.54) is 0 Å². The molecule has 0 radical (unpaired) electrons. The summed E-state index contributed by atoms with van der Waals surface area (Å²) < 4.78 is 39.9. The average Bonchev–Trinajstić information content (AvgIpc) is 2.56. The Labute approximate surface area is 170 Å². The zero-order valence-corrected chi connectivity index (χ0v) is 17.6. The minimum Gasteiger partial charge on any atom is -0.494 e. The first-order valence-electron chi connectivity index (χ1n) is 9.49. The third-order valence-corrected chi connectivity index (χ3v) is 4.66. The van der Waals surface area contributed by atoms with Crippen molar-refractivity contribution in [1.29, 1.82) is 0 Å². The van der Waals surface area contributed by atoms with Crippen LogP contribution in [-0.4, -0.2) is 48.8 Å². The van der Waals surface area contributed by atoms with Crippen LogP contribution in [0.5, 0.6) is 5.75 Å². The normalized spacial score (nSPS) is 19.4. The quantitative estimate of drug-likeness (QED) is 0.726. The molecule has 1 aromatic carbocycles. The van der Waals surface area contributed by atoms with E-state index in [-0.39, 0.29) is 19.5 Å². The second-order valence-electron chi connectivity index (χ2n) is 7.96. The fourth-order valence-electron chi connectivity index (χ4n) is 3.08. The van der Waals surface area contributed by atoms with Crippen LogP contribution in [0.1, 0.15) is 39.7 Å². The van der Waals surface area contributed by atoms with Gasteiger partial charge in [-0.25, -0.2) is 13.6 Å². The number of nitrogens with one attached hydrogen (secondary N) is 1. The molecule has 28 heavy (non-hydrogen) atoms. The molecule has 1 saturated heterocycles. The summed E-state index contributed by atoms with van der Waals surface area (Å²) >= 11 is 6.03. The van der Waals surface area contributed by atoms with Crippen LogP contribution < -0.4 is 10.1 Å². The Balaban J connectivity index is 1.91. The maximum atomic E-state index is 14.6. The second kappa shape index (κ2) is 9.27. The number of benzene rings is 1. The summed E-state index contributed by atoms with van der Waals surface area (Å²) in [6, 6.07) is 5.27. The van der Waals surface area contributed by atoms with Gasteiger partial charge in [0.25, 0.3) is 5.92 Å². The Bertz CT molecular complexity index is 680. The second-order valence-corrected chi connectivity index (χ2v) is 8.40. The van der Waals surface area contributed by atoms with Gasteiger partial charge in [-0.2, -0.15) is 0 Å². The standard InChI is InChI=1S/C20H29ClF2N2O3/c1-5-27-17-7-6-16(21)10-14(17)11-24-12-15-8-9-25(13-20(15,22)23)18(26)28-19(2,3)4/h6-7,10,15,24H,5,8-9,11-13H2,1-4H3. The van der Waals surface area contributed by atoms with Gasteiger partial charge in [0.15, 0.2) is 0 Å². The van der Waals surface area contributed by atoms with Crippen molar-refractivity contribution >= 4 is 17.7 Å². The molecule has 1 N–H and O–H groups in total. The molecule has 0 spiro atoms. The molecule has 0 aromatic heterocycles. The first-order valence-corrected chi connectivity index (χ1v) is 9.87. The van der Waals surface area contributed by atoms with Crippen molar-refractivity contribution in [3.63, 3.8) is 0 Å². The van der Waals surface area contributed by atoms with Crippen LogP contribution in [0.15, 0.2) is 18.2 Å². The number of hydrogen-bond donors (Lipinski definition) is 1. The Morgan fingerprint density at radius 2 is 2.11 bits per heavy atom. The SMILES string of the molecule is CCOc1ccc(Cl)cc1CNCC1CCN(C(=O)OC(C)(C)C)CC1(F)F. The number of halogens is 3. The fourth-order valence-corrected chi connectivity index (χ4v) is 3.28. The number of likely N-dealkylation sites (tertiary alicyclic amines) is 1. The molecule has 5 nitrogen and oxygen atoms in total. The molecule has 1 fully saturated rings. The first-order chi connectivity index (χ1) is 13.0. The zero-order chi connectivity index (χ0) is 20.9. The van der Waals surface area contributed by atoms with E-state index in [9.17, 15) is 13.6 Å². The third kappa shape index (κ3) is 6.48. The lowest BCUT2D eigenvalue weighted by atomic mass is 9.93. The van der Waals surface area contributed by atoms with Gasteiger partial charge >= 0.3 is 6.09 Å². The van der Waals surface area contributed by atoms with Gasteiger partial charge in [0.1, 0.15) is 11.4 Å². The minimum atomic E-state index is -2.99. The van der Waals surface area contributed by atoms with Crippen molar-refractivity contribution in [2.45, 2.75) is 52.2 Å². The van der Waals surface area contributed by atoms with Crippen LogP contribution in [0, 0.1) is 5.92 Å². The smallest absolute Gasteiger partial charge is 0.410 e. The molecule has 0 aliphatic carbocycles. The van der Waals surface area contributed by atoms with Gasteiger partial charge in [0, 0.05) is 36.1 Å². The van der Waals surface area contributed by atoms with E-state index in [1.54, 1.807) is 39.0 Å². The number of piperidine rings is 1. The van der Waals surface area contributed by atoms with E-state index >= 15 is 0 Å². The Morgan fingerprint density at radius 3 is 2.71 bits per heavy atom. The molecule has 158 valence electrons. The molecule has 1 unspecified atom stereocenters. The van der Waals surface area contributed by atoms with Gasteiger partial charge in [-0.15, -0.1) is 0 Å². The summed E-state index contributed by atoms with van der Waals surface area (Å²) in [6.45, 7) is 7.66. The summed E-state index contributed by atoms with van der Waals surface area (Å²) in [5, 5.41) is 3.65. The average molecular weight is 419 g/mol. The van der Waals surface area contributed by atoms with Crippen LogP contribution in [0.2, 0.25) is 5.02 Å². The summed E-state index contributed by atoms with van der Waals surface area (Å²) in [6.07, 6.45) is -0.494. The van der Waals surface area contributed by atoms with Crippen molar-refractivity contribution in [3.05, 3.63) is 28.8 Å². The number of nitrogens with zero attached hydrogens (tertiary/aromatic N) is 1. The van der Waals surface area contributed by atoms with Gasteiger partial charge in [-0.3, -0.25) is 0 Å². The van der Waals surface area contributed by atoms with Gasteiger partial charge in [0.2, 0.25) is 0 Å². The molecule has 1 aliphatic rings. The number of alkyl halides is 2.